The largest absolute Gasteiger partial charge is 0.353 e. The lowest BCUT2D eigenvalue weighted by molar-refractivity contribution is -0.116. The molecule has 0 saturated heterocycles. The van der Waals surface area contributed by atoms with Crippen molar-refractivity contribution in [3.05, 3.63) is 82.0 Å². The number of thioether (sulfide) groups is 1. The predicted molar refractivity (Wildman–Crippen MR) is 120 cm³/mol. The molecule has 5 rings (SSSR count). The highest BCUT2D eigenvalue weighted by atomic mass is 32.2. The predicted octanol–water partition coefficient (Wildman–Crippen LogP) is 3.84. The normalized spacial score (nSPS) is 13.0. The smallest absolute Gasteiger partial charge is 0.283 e. The van der Waals surface area contributed by atoms with Gasteiger partial charge in [0.25, 0.3) is 5.56 Å². The van der Waals surface area contributed by atoms with Gasteiger partial charge >= 0.3 is 0 Å². The summed E-state index contributed by atoms with van der Waals surface area (Å²) < 4.78 is 14.9. The van der Waals surface area contributed by atoms with Crippen LogP contribution in [-0.2, 0) is 11.2 Å². The molecule has 0 unspecified atom stereocenters. The first-order chi connectivity index (χ1) is 15.0. The SMILES string of the molecule is Cc1cc2nc(SCC(=O)N3CCc4ccccc43)n(-c3ccc(F)cc3)c(=O)c2[nH]1. The number of halogens is 1. The summed E-state index contributed by atoms with van der Waals surface area (Å²) in [7, 11) is 0. The Balaban J connectivity index is 1.50. The molecule has 3 heterocycles. The van der Waals surface area contributed by atoms with Crippen LogP contribution < -0.4 is 10.5 Å². The summed E-state index contributed by atoms with van der Waals surface area (Å²) in [5.74, 6) is -0.296. The van der Waals surface area contributed by atoms with E-state index in [1.165, 1.54) is 40.6 Å². The van der Waals surface area contributed by atoms with Crippen molar-refractivity contribution in [2.75, 3.05) is 17.2 Å². The molecule has 6 nitrogen and oxygen atoms in total. The van der Waals surface area contributed by atoms with E-state index in [-0.39, 0.29) is 17.2 Å². The van der Waals surface area contributed by atoms with Gasteiger partial charge in [-0.15, -0.1) is 0 Å². The van der Waals surface area contributed by atoms with Crippen LogP contribution in [0.1, 0.15) is 11.3 Å². The molecule has 0 atom stereocenters. The lowest BCUT2D eigenvalue weighted by atomic mass is 10.2. The van der Waals surface area contributed by atoms with E-state index in [0.717, 1.165) is 23.4 Å². The lowest BCUT2D eigenvalue weighted by Gasteiger charge is -2.17. The minimum absolute atomic E-state index is 0.0415. The summed E-state index contributed by atoms with van der Waals surface area (Å²) in [4.78, 5) is 35.6. The van der Waals surface area contributed by atoms with E-state index in [2.05, 4.69) is 9.97 Å². The number of benzene rings is 2. The third-order valence-electron chi connectivity index (χ3n) is 5.35. The summed E-state index contributed by atoms with van der Waals surface area (Å²) in [6.45, 7) is 2.50. The van der Waals surface area contributed by atoms with Crippen LogP contribution in [0.4, 0.5) is 10.1 Å². The maximum absolute atomic E-state index is 13.4. The Bertz CT molecular complexity index is 1360. The number of aryl methyl sites for hydroxylation is 1. The highest BCUT2D eigenvalue weighted by Gasteiger charge is 2.25. The molecule has 156 valence electrons. The van der Waals surface area contributed by atoms with Gasteiger partial charge in [0.15, 0.2) is 5.16 Å². The molecular weight excluding hydrogens is 415 g/mol. The number of hydrogen-bond donors (Lipinski definition) is 1. The van der Waals surface area contributed by atoms with E-state index in [4.69, 9.17) is 0 Å². The van der Waals surface area contributed by atoms with Crippen molar-refractivity contribution >= 4 is 34.4 Å². The topological polar surface area (TPSA) is 71.0 Å². The van der Waals surface area contributed by atoms with Crippen LogP contribution in [0.5, 0.6) is 0 Å². The number of carbonyl (C=O) groups is 1. The maximum atomic E-state index is 13.4. The van der Waals surface area contributed by atoms with Gasteiger partial charge in [0, 0.05) is 17.9 Å². The second kappa shape index (κ2) is 7.70. The molecule has 0 radical (unpaired) electrons. The van der Waals surface area contributed by atoms with E-state index < -0.39 is 5.82 Å². The van der Waals surface area contributed by atoms with Gasteiger partial charge in [-0.2, -0.15) is 0 Å². The lowest BCUT2D eigenvalue weighted by Crippen LogP contribution is -2.31. The van der Waals surface area contributed by atoms with E-state index in [1.807, 2.05) is 31.2 Å². The van der Waals surface area contributed by atoms with Crippen molar-refractivity contribution in [3.8, 4) is 5.69 Å². The Hall–Kier alpha value is -3.39. The first-order valence-electron chi connectivity index (χ1n) is 9.90. The molecule has 1 N–H and O–H groups in total. The molecule has 0 aliphatic carbocycles. The third-order valence-corrected chi connectivity index (χ3v) is 6.28. The molecule has 1 aliphatic rings. The highest BCUT2D eigenvalue weighted by Crippen LogP contribution is 2.29. The van der Waals surface area contributed by atoms with Crippen molar-refractivity contribution in [2.24, 2.45) is 0 Å². The van der Waals surface area contributed by atoms with Crippen LogP contribution in [0, 0.1) is 12.7 Å². The van der Waals surface area contributed by atoms with Crippen molar-refractivity contribution in [3.63, 3.8) is 0 Å². The Kier molecular flexibility index (Phi) is 4.86. The molecule has 2 aromatic carbocycles. The quantitative estimate of drug-likeness (QED) is 0.391. The van der Waals surface area contributed by atoms with Crippen molar-refractivity contribution in [2.45, 2.75) is 18.5 Å². The Labute approximate surface area is 181 Å². The molecular formula is C23H19FN4O2S. The van der Waals surface area contributed by atoms with E-state index in [0.29, 0.717) is 28.4 Å². The number of fused-ring (bicyclic) bond motifs is 2. The number of amides is 1. The number of anilines is 1. The van der Waals surface area contributed by atoms with Gasteiger partial charge in [0.05, 0.1) is 17.0 Å². The molecule has 0 spiro atoms. The standard InChI is InChI=1S/C23H19FN4O2S/c1-14-12-18-21(25-14)22(30)28(17-8-6-16(24)7-9-17)23(26-18)31-13-20(29)27-11-10-15-4-2-3-5-19(15)27/h2-9,12,25H,10-11,13H2,1H3. The number of rotatable bonds is 4. The van der Waals surface area contributed by atoms with Crippen molar-refractivity contribution < 1.29 is 9.18 Å². The van der Waals surface area contributed by atoms with Gasteiger partial charge in [0.1, 0.15) is 11.3 Å². The van der Waals surface area contributed by atoms with Crippen LogP contribution in [0.25, 0.3) is 16.7 Å². The summed E-state index contributed by atoms with van der Waals surface area (Å²) in [6.07, 6.45) is 0.833. The fourth-order valence-corrected chi connectivity index (χ4v) is 4.78. The van der Waals surface area contributed by atoms with Gasteiger partial charge < -0.3 is 9.88 Å². The van der Waals surface area contributed by atoms with Crippen LogP contribution in [0.2, 0.25) is 0 Å². The molecule has 0 saturated carbocycles. The molecule has 0 fully saturated rings. The van der Waals surface area contributed by atoms with Gasteiger partial charge in [0.2, 0.25) is 5.91 Å². The second-order valence-electron chi connectivity index (χ2n) is 7.44. The average molecular weight is 434 g/mol. The summed E-state index contributed by atoms with van der Waals surface area (Å²) in [5.41, 5.74) is 4.05. The average Bonchev–Trinajstić information content (AvgIpc) is 3.36. The number of aromatic nitrogens is 3. The summed E-state index contributed by atoms with van der Waals surface area (Å²) >= 11 is 1.21. The third kappa shape index (κ3) is 3.53. The van der Waals surface area contributed by atoms with E-state index in [1.54, 1.807) is 11.0 Å². The zero-order valence-corrected chi connectivity index (χ0v) is 17.6. The molecule has 1 amide bonds. The van der Waals surface area contributed by atoms with Crippen molar-refractivity contribution in [1.82, 2.24) is 14.5 Å². The van der Waals surface area contributed by atoms with Crippen LogP contribution in [-0.4, -0.2) is 32.7 Å². The van der Waals surface area contributed by atoms with Gasteiger partial charge in [-0.25, -0.2) is 9.37 Å². The van der Waals surface area contributed by atoms with Crippen LogP contribution in [0.3, 0.4) is 0 Å². The van der Waals surface area contributed by atoms with E-state index >= 15 is 0 Å². The minimum Gasteiger partial charge on any atom is -0.353 e. The number of carbonyl (C=O) groups excluding carboxylic acids is 1. The number of aromatic amines is 1. The van der Waals surface area contributed by atoms with Crippen LogP contribution in [0.15, 0.2) is 64.5 Å². The fourth-order valence-electron chi connectivity index (χ4n) is 3.89. The molecule has 0 bridgehead atoms. The Morgan fingerprint density at radius 3 is 2.77 bits per heavy atom. The van der Waals surface area contributed by atoms with Gasteiger partial charge in [-0.3, -0.25) is 14.2 Å². The van der Waals surface area contributed by atoms with E-state index in [9.17, 15) is 14.0 Å². The van der Waals surface area contributed by atoms with Gasteiger partial charge in [-0.05, 0) is 55.3 Å². The zero-order chi connectivity index (χ0) is 21.5. The first kappa shape index (κ1) is 19.6. The monoisotopic (exact) mass is 434 g/mol. The zero-order valence-electron chi connectivity index (χ0n) is 16.8. The number of hydrogen-bond acceptors (Lipinski definition) is 4. The number of H-pyrrole nitrogens is 1. The molecule has 1 aliphatic heterocycles. The molecule has 31 heavy (non-hydrogen) atoms. The number of nitrogens with zero attached hydrogens (tertiary/aromatic N) is 3. The summed E-state index contributed by atoms with van der Waals surface area (Å²) in [6, 6.07) is 15.3. The summed E-state index contributed by atoms with van der Waals surface area (Å²) in [5, 5.41) is 0.393. The maximum Gasteiger partial charge on any atom is 0.283 e. The number of nitrogens with one attached hydrogen (secondary N) is 1. The number of para-hydroxylation sites is 1. The van der Waals surface area contributed by atoms with Gasteiger partial charge in [-0.1, -0.05) is 30.0 Å². The Morgan fingerprint density at radius 1 is 1.19 bits per heavy atom. The fraction of sp³-hybridized carbons (Fsp3) is 0.174. The molecule has 8 heteroatoms. The van der Waals surface area contributed by atoms with Crippen LogP contribution >= 0.6 is 11.8 Å². The molecule has 4 aromatic rings. The minimum atomic E-state index is -0.390. The Morgan fingerprint density at radius 2 is 1.97 bits per heavy atom. The molecule has 2 aromatic heterocycles. The van der Waals surface area contributed by atoms with Crippen molar-refractivity contribution in [1.29, 1.82) is 0 Å². The first-order valence-corrected chi connectivity index (χ1v) is 10.9. The second-order valence-corrected chi connectivity index (χ2v) is 8.38. The highest BCUT2D eigenvalue weighted by molar-refractivity contribution is 7.99.